The van der Waals surface area contributed by atoms with Gasteiger partial charge in [0.1, 0.15) is 6.42 Å². The molecular weight excluding hydrogens is 326 g/mol. The molecule has 0 unspecified atom stereocenters. The summed E-state index contributed by atoms with van der Waals surface area (Å²) in [5.74, 6) is -5.72. The SMILES string of the molecule is O=C(CC(F)(F)F)Oc1ccc(C(=O)O)cc1OC(F)(F)F. The van der Waals surface area contributed by atoms with Gasteiger partial charge < -0.3 is 14.6 Å². The maximum Gasteiger partial charge on any atom is 0.573 e. The molecule has 0 saturated carbocycles. The summed E-state index contributed by atoms with van der Waals surface area (Å²) in [5, 5.41) is 8.64. The first kappa shape index (κ1) is 17.6. The van der Waals surface area contributed by atoms with E-state index in [4.69, 9.17) is 5.11 Å². The van der Waals surface area contributed by atoms with Gasteiger partial charge in [-0.1, -0.05) is 0 Å². The second kappa shape index (κ2) is 6.12. The molecule has 1 rings (SSSR count). The third kappa shape index (κ3) is 5.89. The molecule has 0 atom stereocenters. The van der Waals surface area contributed by atoms with E-state index >= 15 is 0 Å². The molecule has 0 saturated heterocycles. The van der Waals surface area contributed by atoms with Crippen molar-refractivity contribution in [2.45, 2.75) is 19.0 Å². The molecule has 0 aliphatic rings. The highest BCUT2D eigenvalue weighted by molar-refractivity contribution is 5.88. The van der Waals surface area contributed by atoms with Crippen LogP contribution in [0.1, 0.15) is 16.8 Å². The molecule has 0 spiro atoms. The summed E-state index contributed by atoms with van der Waals surface area (Å²) < 4.78 is 80.0. The lowest BCUT2D eigenvalue weighted by molar-refractivity contribution is -0.275. The number of carboxylic acids is 1. The van der Waals surface area contributed by atoms with Gasteiger partial charge in [-0.25, -0.2) is 4.79 Å². The van der Waals surface area contributed by atoms with Crippen molar-refractivity contribution in [3.63, 3.8) is 0 Å². The molecule has 122 valence electrons. The number of aromatic carboxylic acids is 1. The molecule has 1 aromatic carbocycles. The number of esters is 1. The molecule has 0 radical (unpaired) electrons. The first-order chi connectivity index (χ1) is 9.87. The van der Waals surface area contributed by atoms with Gasteiger partial charge in [-0.3, -0.25) is 4.79 Å². The second-order valence-corrected chi connectivity index (χ2v) is 3.78. The number of hydrogen-bond donors (Lipinski definition) is 1. The van der Waals surface area contributed by atoms with Crippen molar-refractivity contribution < 1.29 is 50.5 Å². The van der Waals surface area contributed by atoms with Crippen molar-refractivity contribution in [2.75, 3.05) is 0 Å². The Morgan fingerprint density at radius 1 is 1.05 bits per heavy atom. The minimum absolute atomic E-state index is 0.367. The van der Waals surface area contributed by atoms with Gasteiger partial charge >= 0.3 is 24.5 Å². The highest BCUT2D eigenvalue weighted by atomic mass is 19.4. The molecule has 22 heavy (non-hydrogen) atoms. The van der Waals surface area contributed by atoms with E-state index in [1.807, 2.05) is 0 Å². The number of rotatable bonds is 4. The minimum Gasteiger partial charge on any atom is -0.478 e. The lowest BCUT2D eigenvalue weighted by atomic mass is 10.2. The van der Waals surface area contributed by atoms with E-state index < -0.39 is 48.0 Å². The molecule has 0 aliphatic heterocycles. The third-order valence-electron chi connectivity index (χ3n) is 1.98. The van der Waals surface area contributed by atoms with Crippen molar-refractivity contribution in [3.8, 4) is 11.5 Å². The van der Waals surface area contributed by atoms with Gasteiger partial charge in [-0.2, -0.15) is 13.2 Å². The van der Waals surface area contributed by atoms with Crippen LogP contribution < -0.4 is 9.47 Å². The first-order valence-electron chi connectivity index (χ1n) is 5.28. The molecule has 0 heterocycles. The zero-order chi connectivity index (χ0) is 17.1. The Balaban J connectivity index is 3.07. The standard InChI is InChI=1S/C11H6F6O5/c12-10(13,14)4-8(18)21-6-2-1-5(9(19)20)3-7(6)22-11(15,16)17/h1-3H,4H2,(H,19,20). The average molecular weight is 332 g/mol. The Kier molecular flexibility index (Phi) is 4.89. The number of hydrogen-bond acceptors (Lipinski definition) is 4. The van der Waals surface area contributed by atoms with Crippen molar-refractivity contribution in [3.05, 3.63) is 23.8 Å². The minimum atomic E-state index is -5.26. The largest absolute Gasteiger partial charge is 0.573 e. The highest BCUT2D eigenvalue weighted by Crippen LogP contribution is 2.34. The van der Waals surface area contributed by atoms with Gasteiger partial charge in [-0.05, 0) is 18.2 Å². The number of halogens is 6. The molecule has 0 fully saturated rings. The Hall–Kier alpha value is -2.46. The van der Waals surface area contributed by atoms with E-state index in [1.54, 1.807) is 0 Å². The molecule has 0 amide bonds. The lowest BCUT2D eigenvalue weighted by Gasteiger charge is -2.14. The number of ether oxygens (including phenoxy) is 2. The van der Waals surface area contributed by atoms with Gasteiger partial charge in [0.25, 0.3) is 0 Å². The lowest BCUT2D eigenvalue weighted by Crippen LogP contribution is -2.21. The van der Waals surface area contributed by atoms with Crippen LogP contribution in [0.2, 0.25) is 0 Å². The van der Waals surface area contributed by atoms with Crippen LogP contribution in [0.25, 0.3) is 0 Å². The molecule has 1 aromatic rings. The van der Waals surface area contributed by atoms with Gasteiger partial charge in [0.2, 0.25) is 0 Å². The van der Waals surface area contributed by atoms with Crippen LogP contribution in [-0.4, -0.2) is 29.6 Å². The predicted octanol–water partition coefficient (Wildman–Crippen LogP) is 3.14. The summed E-state index contributed by atoms with van der Waals surface area (Å²) in [6, 6.07) is 1.69. The van der Waals surface area contributed by atoms with E-state index in [9.17, 15) is 35.9 Å². The number of carbonyl (C=O) groups is 2. The van der Waals surface area contributed by atoms with Crippen molar-refractivity contribution in [2.24, 2.45) is 0 Å². The van der Waals surface area contributed by atoms with Gasteiger partial charge in [0.15, 0.2) is 11.5 Å². The molecule has 0 bridgehead atoms. The highest BCUT2D eigenvalue weighted by Gasteiger charge is 2.35. The monoisotopic (exact) mass is 332 g/mol. The maximum atomic E-state index is 12.2. The van der Waals surface area contributed by atoms with Crippen molar-refractivity contribution in [1.82, 2.24) is 0 Å². The van der Waals surface area contributed by atoms with E-state index in [0.29, 0.717) is 12.1 Å². The summed E-state index contributed by atoms with van der Waals surface area (Å²) in [6.45, 7) is 0. The topological polar surface area (TPSA) is 72.8 Å². The Bertz CT molecular complexity index is 577. The van der Waals surface area contributed by atoms with Crippen LogP contribution in [0.5, 0.6) is 11.5 Å². The zero-order valence-electron chi connectivity index (χ0n) is 10.3. The van der Waals surface area contributed by atoms with E-state index in [-0.39, 0.29) is 0 Å². The van der Waals surface area contributed by atoms with Crippen LogP contribution in [0.3, 0.4) is 0 Å². The number of carbonyl (C=O) groups excluding carboxylic acids is 1. The van der Waals surface area contributed by atoms with E-state index in [2.05, 4.69) is 9.47 Å². The van der Waals surface area contributed by atoms with Crippen LogP contribution in [0, 0.1) is 0 Å². The smallest absolute Gasteiger partial charge is 0.478 e. The molecule has 11 heteroatoms. The first-order valence-corrected chi connectivity index (χ1v) is 5.28. The van der Waals surface area contributed by atoms with Crippen LogP contribution in [0.4, 0.5) is 26.3 Å². The van der Waals surface area contributed by atoms with E-state index in [1.165, 1.54) is 0 Å². The summed E-state index contributed by atoms with van der Waals surface area (Å²) in [7, 11) is 0. The summed E-state index contributed by atoms with van der Waals surface area (Å²) in [5.41, 5.74) is -0.644. The zero-order valence-corrected chi connectivity index (χ0v) is 10.3. The molecule has 1 N–H and O–H groups in total. The van der Waals surface area contributed by atoms with Crippen LogP contribution in [0.15, 0.2) is 18.2 Å². The average Bonchev–Trinajstić information content (AvgIpc) is 2.26. The third-order valence-corrected chi connectivity index (χ3v) is 1.98. The van der Waals surface area contributed by atoms with Gasteiger partial charge in [0, 0.05) is 0 Å². The molecule has 5 nitrogen and oxygen atoms in total. The Labute approximate surface area is 118 Å². The fraction of sp³-hybridized carbons (Fsp3) is 0.273. The predicted molar refractivity (Wildman–Crippen MR) is 56.4 cm³/mol. The summed E-state index contributed by atoms with van der Waals surface area (Å²) >= 11 is 0. The van der Waals surface area contributed by atoms with Gasteiger partial charge in [0.05, 0.1) is 5.56 Å². The fourth-order valence-electron chi connectivity index (χ4n) is 1.25. The summed E-state index contributed by atoms with van der Waals surface area (Å²) in [6.07, 6.45) is -12.2. The van der Waals surface area contributed by atoms with Crippen molar-refractivity contribution >= 4 is 11.9 Å². The van der Waals surface area contributed by atoms with Gasteiger partial charge in [-0.15, -0.1) is 13.2 Å². The van der Waals surface area contributed by atoms with Crippen molar-refractivity contribution in [1.29, 1.82) is 0 Å². The maximum absolute atomic E-state index is 12.2. The summed E-state index contributed by atoms with van der Waals surface area (Å²) in [4.78, 5) is 21.6. The van der Waals surface area contributed by atoms with Crippen LogP contribution in [-0.2, 0) is 4.79 Å². The number of benzene rings is 1. The van der Waals surface area contributed by atoms with Crippen LogP contribution >= 0.6 is 0 Å². The second-order valence-electron chi connectivity index (χ2n) is 3.78. The Morgan fingerprint density at radius 3 is 2.09 bits per heavy atom. The number of carboxylic acid groups (broad SMARTS) is 1. The molecule has 0 aliphatic carbocycles. The van der Waals surface area contributed by atoms with E-state index in [0.717, 1.165) is 6.07 Å². The normalized spacial score (nSPS) is 11.9. The Morgan fingerprint density at radius 2 is 1.64 bits per heavy atom. The number of alkyl halides is 6. The fourth-order valence-corrected chi connectivity index (χ4v) is 1.25. The molecule has 0 aromatic heterocycles. The molecular formula is C11H6F6O5. The quantitative estimate of drug-likeness (QED) is 0.521.